The van der Waals surface area contributed by atoms with Crippen molar-refractivity contribution >= 4 is 53.1 Å². The normalized spacial score (nSPS) is 10.7. The molecule has 1 amide bonds. The van der Waals surface area contributed by atoms with Gasteiger partial charge in [0.15, 0.2) is 5.96 Å². The molecule has 0 saturated carbocycles. The maximum Gasteiger partial charge on any atom is 0.221 e. The average Bonchev–Trinajstić information content (AvgIpc) is 2.59. The lowest BCUT2D eigenvalue weighted by Crippen LogP contribution is -2.39. The lowest BCUT2D eigenvalue weighted by Gasteiger charge is -2.22. The van der Waals surface area contributed by atoms with E-state index in [-0.39, 0.29) is 29.9 Å². The van der Waals surface area contributed by atoms with Gasteiger partial charge in [-0.15, -0.1) is 24.0 Å². The maximum absolute atomic E-state index is 11.0. The Bertz CT molecular complexity index is 765. The summed E-state index contributed by atoms with van der Waals surface area (Å²) >= 11 is 6.04. The highest BCUT2D eigenvalue weighted by Crippen LogP contribution is 2.12. The smallest absolute Gasteiger partial charge is 0.221 e. The summed E-state index contributed by atoms with van der Waals surface area (Å²) < 4.78 is 0. The Morgan fingerprint density at radius 3 is 2.44 bits per heavy atom. The summed E-state index contributed by atoms with van der Waals surface area (Å²) in [6.07, 6.45) is 0.865. The number of carbonyl (C=O) groups is 1. The van der Waals surface area contributed by atoms with Crippen LogP contribution in [0.5, 0.6) is 0 Å². The van der Waals surface area contributed by atoms with Crippen LogP contribution in [0.15, 0.2) is 53.5 Å². The van der Waals surface area contributed by atoms with Gasteiger partial charge < -0.3 is 15.5 Å². The second-order valence-electron chi connectivity index (χ2n) is 6.09. The van der Waals surface area contributed by atoms with Crippen LogP contribution >= 0.6 is 35.6 Å². The molecular formula is C20H26ClIN4O. The predicted octanol–water partition coefficient (Wildman–Crippen LogP) is 4.17. The summed E-state index contributed by atoms with van der Waals surface area (Å²) in [5.41, 5.74) is 3.14. The van der Waals surface area contributed by atoms with Crippen LogP contribution in [-0.4, -0.2) is 37.4 Å². The lowest BCUT2D eigenvalue weighted by atomic mass is 10.1. The van der Waals surface area contributed by atoms with E-state index >= 15 is 0 Å². The number of nitrogens with one attached hydrogen (secondary N) is 2. The third-order valence-corrected chi connectivity index (χ3v) is 4.09. The van der Waals surface area contributed by atoms with E-state index in [0.717, 1.165) is 41.7 Å². The van der Waals surface area contributed by atoms with Gasteiger partial charge in [0.25, 0.3) is 0 Å². The van der Waals surface area contributed by atoms with E-state index < -0.39 is 0 Å². The number of rotatable bonds is 6. The highest BCUT2D eigenvalue weighted by Gasteiger charge is 2.07. The molecule has 0 bridgehead atoms. The van der Waals surface area contributed by atoms with Gasteiger partial charge in [-0.3, -0.25) is 9.79 Å². The highest BCUT2D eigenvalue weighted by molar-refractivity contribution is 14.0. The van der Waals surface area contributed by atoms with Gasteiger partial charge in [-0.05, 0) is 41.8 Å². The molecule has 7 heteroatoms. The minimum atomic E-state index is -0.0639. The van der Waals surface area contributed by atoms with E-state index in [1.165, 1.54) is 12.5 Å². The fourth-order valence-electron chi connectivity index (χ4n) is 2.65. The predicted molar refractivity (Wildman–Crippen MR) is 124 cm³/mol. The van der Waals surface area contributed by atoms with Gasteiger partial charge in [0.2, 0.25) is 5.91 Å². The Morgan fingerprint density at radius 2 is 1.85 bits per heavy atom. The molecule has 0 atom stereocenters. The van der Waals surface area contributed by atoms with Crippen LogP contribution in [0.2, 0.25) is 5.02 Å². The van der Waals surface area contributed by atoms with Gasteiger partial charge in [0.05, 0.1) is 0 Å². The van der Waals surface area contributed by atoms with Gasteiger partial charge >= 0.3 is 0 Å². The number of hydrogen-bond acceptors (Lipinski definition) is 2. The first-order valence-electron chi connectivity index (χ1n) is 8.50. The number of amides is 1. The molecule has 5 nitrogen and oxygen atoms in total. The number of carbonyl (C=O) groups excluding carboxylic acids is 1. The van der Waals surface area contributed by atoms with E-state index in [2.05, 4.69) is 20.5 Å². The van der Waals surface area contributed by atoms with Crippen LogP contribution in [0.25, 0.3) is 0 Å². The van der Waals surface area contributed by atoms with Crippen LogP contribution < -0.4 is 10.6 Å². The van der Waals surface area contributed by atoms with Crippen molar-refractivity contribution < 1.29 is 4.79 Å². The van der Waals surface area contributed by atoms with Gasteiger partial charge in [0, 0.05) is 44.8 Å². The van der Waals surface area contributed by atoms with Crippen LogP contribution in [0.3, 0.4) is 0 Å². The third kappa shape index (κ3) is 8.17. The molecule has 0 spiro atoms. The standard InChI is InChI=1S/C20H25ClN4O.HI/c1-15(26)24-19-9-7-16(8-10-19)11-12-23-20(22-2)25(3)14-17-5-4-6-18(21)13-17;/h4-10,13H,11-12,14H2,1-3H3,(H,22,23)(H,24,26);1H. The minimum Gasteiger partial charge on any atom is -0.356 e. The van der Waals surface area contributed by atoms with Gasteiger partial charge in [-0.1, -0.05) is 35.9 Å². The molecular weight excluding hydrogens is 475 g/mol. The van der Waals surface area contributed by atoms with Crippen molar-refractivity contribution in [3.8, 4) is 0 Å². The minimum absolute atomic E-state index is 0. The van der Waals surface area contributed by atoms with Crippen molar-refractivity contribution in [1.82, 2.24) is 10.2 Å². The molecule has 0 aliphatic heterocycles. The van der Waals surface area contributed by atoms with E-state index in [0.29, 0.717) is 0 Å². The highest BCUT2D eigenvalue weighted by atomic mass is 127. The summed E-state index contributed by atoms with van der Waals surface area (Å²) in [5.74, 6) is 0.769. The van der Waals surface area contributed by atoms with E-state index in [4.69, 9.17) is 11.6 Å². The molecule has 0 saturated heterocycles. The van der Waals surface area contributed by atoms with Gasteiger partial charge in [0.1, 0.15) is 0 Å². The Hall–Kier alpha value is -1.80. The first-order valence-corrected chi connectivity index (χ1v) is 8.88. The number of anilines is 1. The quantitative estimate of drug-likeness (QED) is 0.356. The van der Waals surface area contributed by atoms with E-state index in [1.54, 1.807) is 7.05 Å². The van der Waals surface area contributed by atoms with Crippen molar-refractivity contribution in [3.05, 3.63) is 64.7 Å². The summed E-state index contributed by atoms with van der Waals surface area (Å²) in [5, 5.41) is 6.88. The molecule has 0 aliphatic carbocycles. The number of hydrogen-bond donors (Lipinski definition) is 2. The molecule has 2 aromatic rings. The van der Waals surface area contributed by atoms with E-state index in [9.17, 15) is 4.79 Å². The fraction of sp³-hybridized carbons (Fsp3) is 0.300. The SMILES string of the molecule is CN=C(NCCc1ccc(NC(C)=O)cc1)N(C)Cc1cccc(Cl)c1.I. The van der Waals surface area contributed by atoms with Crippen molar-refractivity contribution in [1.29, 1.82) is 0 Å². The zero-order chi connectivity index (χ0) is 18.9. The zero-order valence-corrected chi connectivity index (χ0v) is 18.9. The average molecular weight is 501 g/mol. The molecule has 0 radical (unpaired) electrons. The van der Waals surface area contributed by atoms with Crippen LogP contribution in [0.4, 0.5) is 5.69 Å². The van der Waals surface area contributed by atoms with Crippen LogP contribution in [0, 0.1) is 0 Å². The summed E-state index contributed by atoms with van der Waals surface area (Å²) in [7, 11) is 3.78. The molecule has 2 aromatic carbocycles. The molecule has 2 N–H and O–H groups in total. The number of halogens is 2. The summed E-state index contributed by atoms with van der Waals surface area (Å²) in [4.78, 5) is 17.4. The molecule has 2 rings (SSSR count). The van der Waals surface area contributed by atoms with Crippen LogP contribution in [0.1, 0.15) is 18.1 Å². The second-order valence-corrected chi connectivity index (χ2v) is 6.52. The van der Waals surface area contributed by atoms with E-state index in [1.807, 2.05) is 55.6 Å². The third-order valence-electron chi connectivity index (χ3n) is 3.85. The van der Waals surface area contributed by atoms with Gasteiger partial charge in [-0.2, -0.15) is 0 Å². The van der Waals surface area contributed by atoms with Crippen molar-refractivity contribution in [2.24, 2.45) is 4.99 Å². The van der Waals surface area contributed by atoms with Crippen molar-refractivity contribution in [2.45, 2.75) is 19.9 Å². The topological polar surface area (TPSA) is 56.7 Å². The first kappa shape index (κ1) is 23.2. The zero-order valence-electron chi connectivity index (χ0n) is 15.8. The van der Waals surface area contributed by atoms with Crippen LogP contribution in [-0.2, 0) is 17.8 Å². The Kier molecular flexibility index (Phi) is 10.2. The Labute approximate surface area is 183 Å². The number of guanidine groups is 1. The number of aliphatic imine (C=N–C) groups is 1. The summed E-state index contributed by atoms with van der Waals surface area (Å²) in [6, 6.07) is 15.7. The largest absolute Gasteiger partial charge is 0.356 e. The lowest BCUT2D eigenvalue weighted by molar-refractivity contribution is -0.114. The molecule has 0 heterocycles. The molecule has 0 unspecified atom stereocenters. The molecule has 0 aromatic heterocycles. The molecule has 146 valence electrons. The van der Waals surface area contributed by atoms with Crippen molar-refractivity contribution in [3.63, 3.8) is 0 Å². The Morgan fingerprint density at radius 1 is 1.15 bits per heavy atom. The summed E-state index contributed by atoms with van der Waals surface area (Å²) in [6.45, 7) is 3.00. The molecule has 0 aliphatic rings. The second kappa shape index (κ2) is 11.8. The number of benzene rings is 2. The van der Waals surface area contributed by atoms with Gasteiger partial charge in [-0.25, -0.2) is 0 Å². The Balaban J connectivity index is 0.00000364. The molecule has 27 heavy (non-hydrogen) atoms. The maximum atomic E-state index is 11.0. The van der Waals surface area contributed by atoms with Crippen molar-refractivity contribution in [2.75, 3.05) is 26.0 Å². The number of nitrogens with zero attached hydrogens (tertiary/aromatic N) is 2. The molecule has 0 fully saturated rings. The first-order chi connectivity index (χ1) is 12.5. The fourth-order valence-corrected chi connectivity index (χ4v) is 2.86. The monoisotopic (exact) mass is 500 g/mol.